The van der Waals surface area contributed by atoms with Crippen molar-refractivity contribution in [3.63, 3.8) is 0 Å². The normalized spacial score (nSPS) is 17.0. The molecule has 0 N–H and O–H groups in total. The van der Waals surface area contributed by atoms with Crippen molar-refractivity contribution in [1.29, 1.82) is 0 Å². The number of hydrogen-bond donors (Lipinski definition) is 0. The summed E-state index contributed by atoms with van der Waals surface area (Å²) in [6.45, 7) is 3.54. The minimum Gasteiger partial charge on any atom is -0.496 e. The Bertz CT molecular complexity index is 947. The number of rotatable bonds is 4. The van der Waals surface area contributed by atoms with Crippen LogP contribution in [-0.4, -0.2) is 40.6 Å². The molecule has 1 atom stereocenters. The van der Waals surface area contributed by atoms with Crippen LogP contribution < -0.4 is 4.74 Å². The SMILES string of the molecule is COc1ccc(CC(=O)N2CCC(n3cnc4ccccc43)C2)cc1C. The van der Waals surface area contributed by atoms with E-state index in [0.717, 1.165) is 47.4 Å². The van der Waals surface area contributed by atoms with Gasteiger partial charge in [0.2, 0.25) is 5.91 Å². The maximum absolute atomic E-state index is 12.7. The van der Waals surface area contributed by atoms with Crippen LogP contribution in [0.2, 0.25) is 0 Å². The molecule has 0 bridgehead atoms. The number of hydrogen-bond acceptors (Lipinski definition) is 3. The van der Waals surface area contributed by atoms with Crippen LogP contribution in [0, 0.1) is 6.92 Å². The Hall–Kier alpha value is -2.82. The standard InChI is InChI=1S/C21H23N3O2/c1-15-11-16(7-8-20(15)26-2)12-21(25)23-10-9-17(13-23)24-14-22-18-5-3-4-6-19(18)24/h3-8,11,14,17H,9-10,12-13H2,1-2H3. The van der Waals surface area contributed by atoms with Gasteiger partial charge >= 0.3 is 0 Å². The van der Waals surface area contributed by atoms with E-state index >= 15 is 0 Å². The number of aryl methyl sites for hydroxylation is 1. The molecule has 0 aliphatic carbocycles. The van der Waals surface area contributed by atoms with E-state index in [-0.39, 0.29) is 5.91 Å². The average Bonchev–Trinajstić information content (AvgIpc) is 3.28. The minimum absolute atomic E-state index is 0.182. The van der Waals surface area contributed by atoms with Gasteiger partial charge in [-0.25, -0.2) is 4.98 Å². The Morgan fingerprint density at radius 3 is 2.92 bits per heavy atom. The predicted molar refractivity (Wildman–Crippen MR) is 101 cm³/mol. The Morgan fingerprint density at radius 1 is 1.27 bits per heavy atom. The Morgan fingerprint density at radius 2 is 2.12 bits per heavy atom. The van der Waals surface area contributed by atoms with Crippen LogP contribution in [0.1, 0.15) is 23.6 Å². The number of carbonyl (C=O) groups excluding carboxylic acids is 1. The number of methoxy groups -OCH3 is 1. The number of imidazole rings is 1. The van der Waals surface area contributed by atoms with Crippen LogP contribution in [0.3, 0.4) is 0 Å². The second-order valence-corrected chi connectivity index (χ2v) is 6.90. The molecule has 1 unspecified atom stereocenters. The van der Waals surface area contributed by atoms with E-state index in [9.17, 15) is 4.79 Å². The van der Waals surface area contributed by atoms with E-state index in [1.54, 1.807) is 7.11 Å². The molecule has 1 fully saturated rings. The quantitative estimate of drug-likeness (QED) is 0.725. The summed E-state index contributed by atoms with van der Waals surface area (Å²) in [6, 6.07) is 14.4. The van der Waals surface area contributed by atoms with Crippen LogP contribution in [-0.2, 0) is 11.2 Å². The molecule has 1 aromatic heterocycles. The lowest BCUT2D eigenvalue weighted by Crippen LogP contribution is -2.30. The van der Waals surface area contributed by atoms with E-state index in [1.807, 2.05) is 54.5 Å². The molecule has 0 spiro atoms. The fourth-order valence-corrected chi connectivity index (χ4v) is 3.80. The molecule has 1 aliphatic rings. The number of carbonyl (C=O) groups is 1. The Labute approximate surface area is 153 Å². The first-order chi connectivity index (χ1) is 12.7. The highest BCUT2D eigenvalue weighted by Gasteiger charge is 2.28. The zero-order chi connectivity index (χ0) is 18.1. The molecular weight excluding hydrogens is 326 g/mol. The van der Waals surface area contributed by atoms with Gasteiger partial charge in [0, 0.05) is 13.1 Å². The molecule has 2 aromatic carbocycles. The van der Waals surface area contributed by atoms with Crippen molar-refractivity contribution in [3.05, 3.63) is 59.9 Å². The van der Waals surface area contributed by atoms with Crippen molar-refractivity contribution >= 4 is 16.9 Å². The van der Waals surface area contributed by atoms with Gasteiger partial charge in [-0.1, -0.05) is 24.3 Å². The molecule has 134 valence electrons. The van der Waals surface area contributed by atoms with Crippen LogP contribution >= 0.6 is 0 Å². The Balaban J connectivity index is 1.45. The second-order valence-electron chi connectivity index (χ2n) is 6.90. The summed E-state index contributed by atoms with van der Waals surface area (Å²) in [5.74, 6) is 1.04. The van der Waals surface area contributed by atoms with Gasteiger partial charge in [-0.05, 0) is 42.7 Å². The van der Waals surface area contributed by atoms with Crippen LogP contribution in [0.4, 0.5) is 0 Å². The lowest BCUT2D eigenvalue weighted by atomic mass is 10.1. The van der Waals surface area contributed by atoms with E-state index in [1.165, 1.54) is 0 Å². The third-order valence-electron chi connectivity index (χ3n) is 5.21. The fraction of sp³-hybridized carbons (Fsp3) is 0.333. The number of fused-ring (bicyclic) bond motifs is 1. The minimum atomic E-state index is 0.182. The van der Waals surface area contributed by atoms with Gasteiger partial charge in [-0.3, -0.25) is 4.79 Å². The van der Waals surface area contributed by atoms with Gasteiger partial charge in [0.15, 0.2) is 0 Å². The third kappa shape index (κ3) is 3.05. The largest absolute Gasteiger partial charge is 0.496 e. The van der Waals surface area contributed by atoms with Gasteiger partial charge in [-0.15, -0.1) is 0 Å². The number of amides is 1. The van der Waals surface area contributed by atoms with Gasteiger partial charge in [0.1, 0.15) is 5.75 Å². The molecule has 5 heteroatoms. The third-order valence-corrected chi connectivity index (χ3v) is 5.21. The first kappa shape index (κ1) is 16.6. The van der Waals surface area contributed by atoms with Crippen LogP contribution in [0.5, 0.6) is 5.75 Å². The van der Waals surface area contributed by atoms with Crippen molar-refractivity contribution in [3.8, 4) is 5.75 Å². The average molecular weight is 349 g/mol. The number of benzene rings is 2. The number of ether oxygens (including phenoxy) is 1. The van der Waals surface area contributed by atoms with Crippen molar-refractivity contribution in [2.24, 2.45) is 0 Å². The summed E-state index contributed by atoms with van der Waals surface area (Å²) in [7, 11) is 1.66. The summed E-state index contributed by atoms with van der Waals surface area (Å²) in [4.78, 5) is 19.2. The summed E-state index contributed by atoms with van der Waals surface area (Å²) < 4.78 is 7.50. The molecular formula is C21H23N3O2. The van der Waals surface area contributed by atoms with Crippen molar-refractivity contribution < 1.29 is 9.53 Å². The highest BCUT2D eigenvalue weighted by atomic mass is 16.5. The number of likely N-dealkylation sites (tertiary alicyclic amines) is 1. The fourth-order valence-electron chi connectivity index (χ4n) is 3.80. The molecule has 0 saturated carbocycles. The molecule has 2 heterocycles. The smallest absolute Gasteiger partial charge is 0.227 e. The van der Waals surface area contributed by atoms with Gasteiger partial charge in [0.25, 0.3) is 0 Å². The lowest BCUT2D eigenvalue weighted by molar-refractivity contribution is -0.129. The number of aromatic nitrogens is 2. The second kappa shape index (κ2) is 6.83. The van der Waals surface area contributed by atoms with E-state index in [4.69, 9.17) is 4.74 Å². The molecule has 4 rings (SSSR count). The Kier molecular flexibility index (Phi) is 4.37. The molecule has 5 nitrogen and oxygen atoms in total. The van der Waals surface area contributed by atoms with Crippen molar-refractivity contribution in [2.75, 3.05) is 20.2 Å². The highest BCUT2D eigenvalue weighted by Crippen LogP contribution is 2.26. The maximum atomic E-state index is 12.7. The molecule has 1 saturated heterocycles. The zero-order valence-corrected chi connectivity index (χ0v) is 15.2. The summed E-state index contributed by atoms with van der Waals surface area (Å²) >= 11 is 0. The van der Waals surface area contributed by atoms with Crippen molar-refractivity contribution in [1.82, 2.24) is 14.5 Å². The van der Waals surface area contributed by atoms with E-state index in [2.05, 4.69) is 15.6 Å². The summed E-state index contributed by atoms with van der Waals surface area (Å²) in [5.41, 5.74) is 4.23. The van der Waals surface area contributed by atoms with Gasteiger partial charge < -0.3 is 14.2 Å². The molecule has 26 heavy (non-hydrogen) atoms. The van der Waals surface area contributed by atoms with Gasteiger partial charge in [0.05, 0.1) is 36.9 Å². The predicted octanol–water partition coefficient (Wildman–Crippen LogP) is 3.37. The van der Waals surface area contributed by atoms with E-state index in [0.29, 0.717) is 12.5 Å². The first-order valence-electron chi connectivity index (χ1n) is 8.98. The summed E-state index contributed by atoms with van der Waals surface area (Å²) in [6.07, 6.45) is 3.30. The van der Waals surface area contributed by atoms with Crippen molar-refractivity contribution in [2.45, 2.75) is 25.8 Å². The van der Waals surface area contributed by atoms with Crippen LogP contribution in [0.25, 0.3) is 11.0 Å². The van der Waals surface area contributed by atoms with Gasteiger partial charge in [-0.2, -0.15) is 0 Å². The first-order valence-corrected chi connectivity index (χ1v) is 8.98. The van der Waals surface area contributed by atoms with Crippen LogP contribution in [0.15, 0.2) is 48.8 Å². The monoisotopic (exact) mass is 349 g/mol. The topological polar surface area (TPSA) is 47.4 Å². The maximum Gasteiger partial charge on any atom is 0.227 e. The zero-order valence-electron chi connectivity index (χ0n) is 15.2. The lowest BCUT2D eigenvalue weighted by Gasteiger charge is -2.18. The number of nitrogens with zero attached hydrogens (tertiary/aromatic N) is 3. The number of para-hydroxylation sites is 2. The molecule has 3 aromatic rings. The van der Waals surface area contributed by atoms with E-state index < -0.39 is 0 Å². The summed E-state index contributed by atoms with van der Waals surface area (Å²) in [5, 5.41) is 0. The molecule has 0 radical (unpaired) electrons. The highest BCUT2D eigenvalue weighted by molar-refractivity contribution is 5.79. The molecule has 1 aliphatic heterocycles. The molecule has 1 amide bonds.